The molecule has 0 amide bonds. The van der Waals surface area contributed by atoms with E-state index >= 15 is 0 Å². The first kappa shape index (κ1) is 17.0. The molecule has 0 radical (unpaired) electrons. The van der Waals surface area contributed by atoms with Crippen molar-refractivity contribution in [3.8, 4) is 28.9 Å². The van der Waals surface area contributed by atoms with E-state index in [1.807, 2.05) is 85.1 Å². The third-order valence-electron chi connectivity index (χ3n) is 4.70. The highest BCUT2D eigenvalue weighted by Crippen LogP contribution is 2.26. The summed E-state index contributed by atoms with van der Waals surface area (Å²) in [7, 11) is 0. The zero-order valence-corrected chi connectivity index (χ0v) is 15.7. The first-order valence-electron chi connectivity index (χ1n) is 9.45. The van der Waals surface area contributed by atoms with E-state index in [4.69, 9.17) is 9.97 Å². The van der Waals surface area contributed by atoms with E-state index in [0.717, 1.165) is 33.7 Å². The fourth-order valence-electron chi connectivity index (χ4n) is 3.31. The van der Waals surface area contributed by atoms with Crippen molar-refractivity contribution in [1.29, 1.82) is 0 Å². The normalized spacial score (nSPS) is 10.5. The minimum Gasteiger partial charge on any atom is -0.315 e. The Morgan fingerprint density at radius 3 is 2.00 bits per heavy atom. The Morgan fingerprint density at radius 2 is 1.24 bits per heavy atom. The summed E-state index contributed by atoms with van der Waals surface area (Å²) in [5.74, 6) is 6.48. The molecule has 3 heteroatoms. The zero-order chi connectivity index (χ0) is 19.5. The first-order chi connectivity index (χ1) is 14.4. The maximum Gasteiger partial charge on any atom is 0.142 e. The number of fused-ring (bicyclic) bond motifs is 1. The van der Waals surface area contributed by atoms with E-state index in [-0.39, 0.29) is 0 Å². The van der Waals surface area contributed by atoms with Gasteiger partial charge in [0, 0.05) is 17.4 Å². The van der Waals surface area contributed by atoms with Crippen LogP contribution in [0.5, 0.6) is 0 Å². The lowest BCUT2D eigenvalue weighted by atomic mass is 10.1. The summed E-state index contributed by atoms with van der Waals surface area (Å²) >= 11 is 0. The standard InChI is InChI=1S/C26H17N3/c1-3-10-20(11-4-1)17-18-24-26(28-23-15-8-7-14-22(23)27-24)25-16-9-19-29(25)21-12-5-2-6-13-21/h1-16,19H. The lowest BCUT2D eigenvalue weighted by molar-refractivity contribution is 1.07. The molecule has 0 bridgehead atoms. The molecule has 0 N–H and O–H groups in total. The molecule has 0 saturated heterocycles. The highest BCUT2D eigenvalue weighted by Gasteiger charge is 2.14. The third-order valence-corrected chi connectivity index (χ3v) is 4.70. The van der Waals surface area contributed by atoms with Gasteiger partial charge in [-0.25, -0.2) is 9.97 Å². The van der Waals surface area contributed by atoms with Crippen LogP contribution in [0.3, 0.4) is 0 Å². The molecule has 29 heavy (non-hydrogen) atoms. The Morgan fingerprint density at radius 1 is 0.586 bits per heavy atom. The Balaban J connectivity index is 1.72. The fourth-order valence-corrected chi connectivity index (χ4v) is 3.31. The van der Waals surface area contributed by atoms with Crippen LogP contribution in [0.25, 0.3) is 28.1 Å². The van der Waals surface area contributed by atoms with Crippen molar-refractivity contribution in [1.82, 2.24) is 14.5 Å². The number of para-hydroxylation sites is 3. The van der Waals surface area contributed by atoms with Crippen LogP contribution in [-0.4, -0.2) is 14.5 Å². The van der Waals surface area contributed by atoms with Gasteiger partial charge >= 0.3 is 0 Å². The van der Waals surface area contributed by atoms with E-state index < -0.39 is 0 Å². The van der Waals surface area contributed by atoms with Gasteiger partial charge in [-0.15, -0.1) is 0 Å². The summed E-state index contributed by atoms with van der Waals surface area (Å²) < 4.78 is 2.12. The van der Waals surface area contributed by atoms with Crippen molar-refractivity contribution in [2.45, 2.75) is 0 Å². The maximum atomic E-state index is 4.93. The lowest BCUT2D eigenvalue weighted by Gasteiger charge is -2.11. The summed E-state index contributed by atoms with van der Waals surface area (Å²) in [5.41, 5.74) is 6.13. The molecular formula is C26H17N3. The molecule has 0 saturated carbocycles. The average molecular weight is 371 g/mol. The van der Waals surface area contributed by atoms with Gasteiger partial charge < -0.3 is 4.57 Å². The molecule has 0 unspecified atom stereocenters. The van der Waals surface area contributed by atoms with Crippen LogP contribution >= 0.6 is 0 Å². The first-order valence-corrected chi connectivity index (χ1v) is 9.45. The Bertz CT molecular complexity index is 1340. The number of aromatic nitrogens is 3. The topological polar surface area (TPSA) is 30.7 Å². The van der Waals surface area contributed by atoms with Crippen molar-refractivity contribution < 1.29 is 0 Å². The van der Waals surface area contributed by atoms with Crippen molar-refractivity contribution >= 4 is 11.0 Å². The molecule has 5 aromatic rings. The molecule has 0 aliphatic carbocycles. The number of hydrogen-bond donors (Lipinski definition) is 0. The highest BCUT2D eigenvalue weighted by atomic mass is 15.0. The molecule has 0 atom stereocenters. The summed E-state index contributed by atoms with van der Waals surface area (Å²) in [6, 6.07) is 32.1. The monoisotopic (exact) mass is 371 g/mol. The molecule has 0 fully saturated rings. The van der Waals surface area contributed by atoms with Crippen molar-refractivity contribution in [3.63, 3.8) is 0 Å². The van der Waals surface area contributed by atoms with Gasteiger partial charge in [0.15, 0.2) is 0 Å². The van der Waals surface area contributed by atoms with E-state index in [1.165, 1.54) is 0 Å². The molecule has 0 spiro atoms. The predicted octanol–water partition coefficient (Wildman–Crippen LogP) is 5.49. The second-order valence-corrected chi connectivity index (χ2v) is 6.62. The SMILES string of the molecule is C(#Cc1nc2ccccc2nc1-c1cccn1-c1ccccc1)c1ccccc1. The Labute approximate surface area is 169 Å². The molecule has 2 aromatic heterocycles. The van der Waals surface area contributed by atoms with E-state index in [0.29, 0.717) is 5.69 Å². The van der Waals surface area contributed by atoms with Gasteiger partial charge in [-0.2, -0.15) is 0 Å². The number of nitrogens with zero attached hydrogens (tertiary/aromatic N) is 3. The smallest absolute Gasteiger partial charge is 0.142 e. The summed E-state index contributed by atoms with van der Waals surface area (Å²) in [4.78, 5) is 9.76. The van der Waals surface area contributed by atoms with E-state index in [9.17, 15) is 0 Å². The highest BCUT2D eigenvalue weighted by molar-refractivity contribution is 5.79. The van der Waals surface area contributed by atoms with Crippen molar-refractivity contribution in [3.05, 3.63) is 115 Å². The van der Waals surface area contributed by atoms with E-state index in [2.05, 4.69) is 34.6 Å². The summed E-state index contributed by atoms with van der Waals surface area (Å²) in [5, 5.41) is 0. The lowest BCUT2D eigenvalue weighted by Crippen LogP contribution is -2.01. The molecule has 0 aliphatic rings. The van der Waals surface area contributed by atoms with Crippen LogP contribution in [0.4, 0.5) is 0 Å². The second kappa shape index (κ2) is 7.46. The van der Waals surface area contributed by atoms with Gasteiger partial charge in [-0.3, -0.25) is 0 Å². The number of hydrogen-bond acceptors (Lipinski definition) is 2. The van der Waals surface area contributed by atoms with Gasteiger partial charge in [0.25, 0.3) is 0 Å². The molecule has 3 aromatic carbocycles. The van der Waals surface area contributed by atoms with Crippen molar-refractivity contribution in [2.75, 3.05) is 0 Å². The minimum atomic E-state index is 0.670. The van der Waals surface area contributed by atoms with Crippen LogP contribution in [0, 0.1) is 11.8 Å². The van der Waals surface area contributed by atoms with Gasteiger partial charge in [-0.1, -0.05) is 54.5 Å². The number of benzene rings is 3. The molecule has 136 valence electrons. The van der Waals surface area contributed by atoms with Gasteiger partial charge in [0.05, 0.1) is 16.7 Å². The maximum absolute atomic E-state index is 4.93. The molecule has 3 nitrogen and oxygen atoms in total. The van der Waals surface area contributed by atoms with Gasteiger partial charge in [-0.05, 0) is 54.5 Å². The summed E-state index contributed by atoms with van der Waals surface area (Å²) in [6.07, 6.45) is 2.04. The number of rotatable bonds is 2. The van der Waals surface area contributed by atoms with Gasteiger partial charge in [0.2, 0.25) is 0 Å². The van der Waals surface area contributed by atoms with Crippen LogP contribution in [-0.2, 0) is 0 Å². The third kappa shape index (κ3) is 3.40. The largest absolute Gasteiger partial charge is 0.315 e. The Hall–Kier alpha value is -4.16. The van der Waals surface area contributed by atoms with Crippen LogP contribution in [0.15, 0.2) is 103 Å². The molecule has 2 heterocycles. The van der Waals surface area contributed by atoms with Crippen molar-refractivity contribution in [2.24, 2.45) is 0 Å². The van der Waals surface area contributed by atoms with Crippen LogP contribution < -0.4 is 0 Å². The predicted molar refractivity (Wildman–Crippen MR) is 117 cm³/mol. The summed E-state index contributed by atoms with van der Waals surface area (Å²) in [6.45, 7) is 0. The molecular weight excluding hydrogens is 354 g/mol. The van der Waals surface area contributed by atoms with Crippen LogP contribution in [0.2, 0.25) is 0 Å². The fraction of sp³-hybridized carbons (Fsp3) is 0. The quantitative estimate of drug-likeness (QED) is 0.384. The second-order valence-electron chi connectivity index (χ2n) is 6.62. The molecule has 0 aliphatic heterocycles. The Kier molecular flexibility index (Phi) is 4.36. The van der Waals surface area contributed by atoms with Gasteiger partial charge in [0.1, 0.15) is 11.4 Å². The average Bonchev–Trinajstić information content (AvgIpc) is 3.28. The minimum absolute atomic E-state index is 0.670. The van der Waals surface area contributed by atoms with E-state index in [1.54, 1.807) is 0 Å². The zero-order valence-electron chi connectivity index (χ0n) is 15.7. The molecule has 5 rings (SSSR count). The van der Waals surface area contributed by atoms with Crippen LogP contribution in [0.1, 0.15) is 11.3 Å².